The third kappa shape index (κ3) is 3.93. The molecule has 2 heterocycles. The van der Waals surface area contributed by atoms with Crippen LogP contribution in [0.15, 0.2) is 47.3 Å². The molecular formula is C22H23FN2O2S. The van der Waals surface area contributed by atoms with E-state index >= 15 is 0 Å². The van der Waals surface area contributed by atoms with Gasteiger partial charge in [-0.3, -0.25) is 9.59 Å². The van der Waals surface area contributed by atoms with Crippen molar-refractivity contribution in [2.24, 2.45) is 13.0 Å². The number of aryl methyl sites for hydroxylation is 1. The number of carbonyl (C=O) groups excluding carboxylic acids is 1. The van der Waals surface area contributed by atoms with Crippen LogP contribution in [0, 0.1) is 11.7 Å². The SMILES string of the molecule is Cn1c(=O)sc2cc(CCN3CCC(C(=O)c4ccc(F)cc4)CC3)ccc21. The molecule has 0 unspecified atom stereocenters. The van der Waals surface area contributed by atoms with Gasteiger partial charge in [-0.05, 0) is 74.3 Å². The van der Waals surface area contributed by atoms with E-state index in [0.29, 0.717) is 5.56 Å². The lowest BCUT2D eigenvalue weighted by molar-refractivity contribution is 0.0841. The summed E-state index contributed by atoms with van der Waals surface area (Å²) in [6.45, 7) is 2.75. The predicted molar refractivity (Wildman–Crippen MR) is 111 cm³/mol. The molecule has 6 heteroatoms. The van der Waals surface area contributed by atoms with Crippen LogP contribution in [-0.4, -0.2) is 34.9 Å². The number of piperidine rings is 1. The Kier molecular flexibility index (Phi) is 5.42. The highest BCUT2D eigenvalue weighted by Crippen LogP contribution is 2.23. The van der Waals surface area contributed by atoms with E-state index in [1.54, 1.807) is 23.7 Å². The van der Waals surface area contributed by atoms with Gasteiger partial charge >= 0.3 is 4.87 Å². The number of benzene rings is 2. The largest absolute Gasteiger partial charge is 0.307 e. The van der Waals surface area contributed by atoms with Crippen LogP contribution in [0.25, 0.3) is 10.2 Å². The number of hydrogen-bond donors (Lipinski definition) is 0. The van der Waals surface area contributed by atoms with Crippen molar-refractivity contribution in [3.05, 3.63) is 69.1 Å². The van der Waals surface area contributed by atoms with Crippen molar-refractivity contribution >= 4 is 27.3 Å². The molecule has 0 bridgehead atoms. The standard InChI is InChI=1S/C22H23FN2O2S/c1-24-19-7-2-15(14-20(19)28-22(24)27)8-11-25-12-9-17(10-13-25)21(26)16-3-5-18(23)6-4-16/h2-7,14,17H,8-13H2,1H3. The number of halogens is 1. The summed E-state index contributed by atoms with van der Waals surface area (Å²) in [5, 5.41) is 0. The van der Waals surface area contributed by atoms with Crippen LogP contribution in [0.4, 0.5) is 4.39 Å². The first-order valence-corrected chi connectivity index (χ1v) is 10.4. The van der Waals surface area contributed by atoms with Gasteiger partial charge in [-0.2, -0.15) is 0 Å². The normalized spacial score (nSPS) is 15.9. The van der Waals surface area contributed by atoms with E-state index in [-0.39, 0.29) is 22.4 Å². The van der Waals surface area contributed by atoms with Crippen LogP contribution in [-0.2, 0) is 13.5 Å². The number of ketones is 1. The number of fused-ring (bicyclic) bond motifs is 1. The maximum atomic E-state index is 13.0. The number of thiazole rings is 1. The van der Waals surface area contributed by atoms with Gasteiger partial charge in [0, 0.05) is 25.1 Å². The number of rotatable bonds is 5. The quantitative estimate of drug-likeness (QED) is 0.613. The number of likely N-dealkylation sites (tertiary alicyclic amines) is 1. The van der Waals surface area contributed by atoms with Gasteiger partial charge in [-0.25, -0.2) is 4.39 Å². The number of nitrogens with zero attached hydrogens (tertiary/aromatic N) is 2. The van der Waals surface area contributed by atoms with Gasteiger partial charge in [-0.1, -0.05) is 17.4 Å². The van der Waals surface area contributed by atoms with Crippen molar-refractivity contribution < 1.29 is 9.18 Å². The summed E-state index contributed by atoms with van der Waals surface area (Å²) in [5.74, 6) is -0.156. The highest BCUT2D eigenvalue weighted by molar-refractivity contribution is 7.16. The molecular weight excluding hydrogens is 375 g/mol. The van der Waals surface area contributed by atoms with Crippen LogP contribution >= 0.6 is 11.3 Å². The van der Waals surface area contributed by atoms with Crippen LogP contribution in [0.5, 0.6) is 0 Å². The molecule has 1 fully saturated rings. The summed E-state index contributed by atoms with van der Waals surface area (Å²) in [6.07, 6.45) is 2.62. The molecule has 4 nitrogen and oxygen atoms in total. The van der Waals surface area contributed by atoms with E-state index in [2.05, 4.69) is 17.0 Å². The molecule has 1 aliphatic heterocycles. The first-order valence-electron chi connectivity index (χ1n) is 9.62. The van der Waals surface area contributed by atoms with Gasteiger partial charge < -0.3 is 9.47 Å². The molecule has 1 saturated heterocycles. The van der Waals surface area contributed by atoms with E-state index in [1.807, 2.05) is 6.07 Å². The molecule has 0 N–H and O–H groups in total. The topological polar surface area (TPSA) is 42.3 Å². The smallest absolute Gasteiger partial charge is 0.303 e. The fourth-order valence-electron chi connectivity index (χ4n) is 3.89. The lowest BCUT2D eigenvalue weighted by Gasteiger charge is -2.31. The minimum atomic E-state index is -0.313. The Hall–Kier alpha value is -2.31. The Balaban J connectivity index is 1.31. The molecule has 146 valence electrons. The van der Waals surface area contributed by atoms with Crippen molar-refractivity contribution in [2.75, 3.05) is 19.6 Å². The summed E-state index contributed by atoms with van der Waals surface area (Å²) < 4.78 is 15.8. The third-order valence-corrected chi connectivity index (χ3v) is 6.66. The van der Waals surface area contributed by atoms with Crippen molar-refractivity contribution in [1.29, 1.82) is 0 Å². The van der Waals surface area contributed by atoms with E-state index in [1.165, 1.54) is 29.0 Å². The molecule has 0 spiro atoms. The maximum absolute atomic E-state index is 13.0. The molecule has 0 aliphatic carbocycles. The minimum absolute atomic E-state index is 0.0275. The van der Waals surface area contributed by atoms with Gasteiger partial charge in [0.1, 0.15) is 5.82 Å². The second-order valence-corrected chi connectivity index (χ2v) is 8.46. The van der Waals surface area contributed by atoms with Crippen molar-refractivity contribution in [1.82, 2.24) is 9.47 Å². The first kappa shape index (κ1) is 19.0. The summed E-state index contributed by atoms with van der Waals surface area (Å²) in [4.78, 5) is 26.8. The summed E-state index contributed by atoms with van der Waals surface area (Å²) >= 11 is 1.29. The number of aromatic nitrogens is 1. The molecule has 0 amide bonds. The molecule has 1 aromatic heterocycles. The van der Waals surface area contributed by atoms with Gasteiger partial charge in [-0.15, -0.1) is 0 Å². The van der Waals surface area contributed by atoms with Crippen molar-refractivity contribution in [2.45, 2.75) is 19.3 Å². The molecule has 0 saturated carbocycles. The average molecular weight is 399 g/mol. The van der Waals surface area contributed by atoms with E-state index in [4.69, 9.17) is 0 Å². The molecule has 28 heavy (non-hydrogen) atoms. The molecule has 2 aromatic carbocycles. The zero-order valence-electron chi connectivity index (χ0n) is 15.9. The van der Waals surface area contributed by atoms with E-state index in [0.717, 1.165) is 49.1 Å². The van der Waals surface area contributed by atoms with Crippen LogP contribution in [0.3, 0.4) is 0 Å². The zero-order valence-corrected chi connectivity index (χ0v) is 16.7. The number of carbonyl (C=O) groups is 1. The molecule has 0 atom stereocenters. The molecule has 3 aromatic rings. The number of Topliss-reactive ketones (excluding diaryl/α,β-unsaturated/α-hetero) is 1. The molecule has 1 aliphatic rings. The van der Waals surface area contributed by atoms with Crippen LogP contribution in [0.2, 0.25) is 0 Å². The molecule has 4 rings (SSSR count). The predicted octanol–water partition coefficient (Wildman–Crippen LogP) is 3.88. The fraction of sp³-hybridized carbons (Fsp3) is 0.364. The van der Waals surface area contributed by atoms with Crippen molar-refractivity contribution in [3.8, 4) is 0 Å². The van der Waals surface area contributed by atoms with Crippen molar-refractivity contribution in [3.63, 3.8) is 0 Å². The highest BCUT2D eigenvalue weighted by atomic mass is 32.1. The fourth-order valence-corrected chi connectivity index (χ4v) is 4.83. The maximum Gasteiger partial charge on any atom is 0.307 e. The summed E-state index contributed by atoms with van der Waals surface area (Å²) in [7, 11) is 1.80. The lowest BCUT2D eigenvalue weighted by atomic mass is 9.89. The van der Waals surface area contributed by atoms with E-state index in [9.17, 15) is 14.0 Å². The zero-order chi connectivity index (χ0) is 19.7. The first-order chi connectivity index (χ1) is 13.5. The highest BCUT2D eigenvalue weighted by Gasteiger charge is 2.25. The van der Waals surface area contributed by atoms with Crippen LogP contribution in [0.1, 0.15) is 28.8 Å². The minimum Gasteiger partial charge on any atom is -0.303 e. The average Bonchev–Trinajstić information content (AvgIpc) is 3.00. The summed E-state index contributed by atoms with van der Waals surface area (Å²) in [6, 6.07) is 12.1. The monoisotopic (exact) mass is 398 g/mol. The van der Waals surface area contributed by atoms with Gasteiger partial charge in [0.15, 0.2) is 5.78 Å². The Bertz CT molecular complexity index is 1050. The molecule has 0 radical (unpaired) electrons. The Morgan fingerprint density at radius 1 is 1.14 bits per heavy atom. The third-order valence-electron chi connectivity index (χ3n) is 5.66. The van der Waals surface area contributed by atoms with Gasteiger partial charge in [0.05, 0.1) is 10.2 Å². The number of hydrogen-bond acceptors (Lipinski definition) is 4. The van der Waals surface area contributed by atoms with Gasteiger partial charge in [0.25, 0.3) is 0 Å². The van der Waals surface area contributed by atoms with E-state index < -0.39 is 0 Å². The lowest BCUT2D eigenvalue weighted by Crippen LogP contribution is -2.37. The Labute approximate surface area is 167 Å². The van der Waals surface area contributed by atoms with Crippen LogP contribution < -0.4 is 4.87 Å². The second-order valence-electron chi connectivity index (χ2n) is 7.47. The second kappa shape index (κ2) is 7.97. The van der Waals surface area contributed by atoms with Gasteiger partial charge in [0.2, 0.25) is 0 Å². The summed E-state index contributed by atoms with van der Waals surface area (Å²) in [5.41, 5.74) is 2.83. The Morgan fingerprint density at radius 2 is 1.86 bits per heavy atom. The Morgan fingerprint density at radius 3 is 2.57 bits per heavy atom.